The number of benzene rings is 1. The highest BCUT2D eigenvalue weighted by molar-refractivity contribution is 5.50. The van der Waals surface area contributed by atoms with Crippen molar-refractivity contribution in [3.63, 3.8) is 0 Å². The second-order valence-electron chi connectivity index (χ2n) is 5.33. The first-order valence-electron chi connectivity index (χ1n) is 6.75. The molecule has 1 aliphatic rings. The van der Waals surface area contributed by atoms with Crippen LogP contribution in [0.3, 0.4) is 0 Å². The molecule has 2 rings (SSSR count). The van der Waals surface area contributed by atoms with E-state index in [0.717, 1.165) is 12.1 Å². The second kappa shape index (κ2) is 5.97. The average molecular weight is 283 g/mol. The molecule has 20 heavy (non-hydrogen) atoms. The van der Waals surface area contributed by atoms with Crippen molar-refractivity contribution in [2.75, 3.05) is 33.9 Å². The summed E-state index contributed by atoms with van der Waals surface area (Å²) in [6.45, 7) is 5.17. The van der Waals surface area contributed by atoms with Gasteiger partial charge in [-0.3, -0.25) is 0 Å². The van der Waals surface area contributed by atoms with Gasteiger partial charge in [0.2, 0.25) is 0 Å². The van der Waals surface area contributed by atoms with Crippen LogP contribution in [0, 0.1) is 0 Å². The molecule has 1 aromatic carbocycles. The van der Waals surface area contributed by atoms with Crippen LogP contribution in [0.25, 0.3) is 0 Å². The van der Waals surface area contributed by atoms with Crippen molar-refractivity contribution in [3.05, 3.63) is 23.3 Å². The number of hydrogen-bond donors (Lipinski definition) is 1. The van der Waals surface area contributed by atoms with Gasteiger partial charge in [-0.05, 0) is 37.1 Å². The maximum absolute atomic E-state index is 14.5. The van der Waals surface area contributed by atoms with Gasteiger partial charge in [0.1, 0.15) is 5.67 Å². The first-order valence-corrected chi connectivity index (χ1v) is 6.75. The zero-order valence-electron chi connectivity index (χ0n) is 12.5. The Balaban J connectivity index is 2.51. The number of hydrogen-bond acceptors (Lipinski definition) is 4. The number of alkyl halides is 1. The third-order valence-electron chi connectivity index (χ3n) is 3.47. The van der Waals surface area contributed by atoms with E-state index in [1.54, 1.807) is 20.3 Å². The smallest absolute Gasteiger partial charge is 0.161 e. The zero-order valence-corrected chi connectivity index (χ0v) is 12.5. The normalized spacial score (nSPS) is 19.8. The molecule has 1 aliphatic heterocycles. The largest absolute Gasteiger partial charge is 0.493 e. The van der Waals surface area contributed by atoms with Crippen LogP contribution in [-0.4, -0.2) is 33.9 Å². The molecule has 0 bridgehead atoms. The number of halogens is 1. The predicted octanol–water partition coefficient (Wildman–Crippen LogP) is 2.57. The van der Waals surface area contributed by atoms with Gasteiger partial charge in [0.15, 0.2) is 11.5 Å². The molecule has 4 nitrogen and oxygen atoms in total. The highest BCUT2D eigenvalue weighted by atomic mass is 19.1. The van der Waals surface area contributed by atoms with E-state index in [-0.39, 0.29) is 6.10 Å². The topological polar surface area (TPSA) is 39.7 Å². The van der Waals surface area contributed by atoms with Crippen LogP contribution in [0.5, 0.6) is 11.5 Å². The number of morpholine rings is 1. The summed E-state index contributed by atoms with van der Waals surface area (Å²) in [6, 6.07) is 3.51. The molecule has 0 amide bonds. The van der Waals surface area contributed by atoms with E-state index < -0.39 is 5.67 Å². The maximum Gasteiger partial charge on any atom is 0.161 e. The summed E-state index contributed by atoms with van der Waals surface area (Å²) in [7, 11) is 3.12. The Morgan fingerprint density at radius 3 is 2.40 bits per heavy atom. The number of methoxy groups -OCH3 is 2. The fourth-order valence-corrected chi connectivity index (χ4v) is 2.44. The Labute approximate surface area is 119 Å². The molecule has 0 radical (unpaired) electrons. The van der Waals surface area contributed by atoms with Crippen molar-refractivity contribution in [3.8, 4) is 11.5 Å². The summed E-state index contributed by atoms with van der Waals surface area (Å²) in [6.07, 6.45) is -0.173. The SMILES string of the molecule is COc1cc(C2CNCCO2)c(C(C)(C)F)cc1OC. The molecule has 1 saturated heterocycles. The molecular weight excluding hydrogens is 261 g/mol. The van der Waals surface area contributed by atoms with Crippen LogP contribution in [0.4, 0.5) is 4.39 Å². The minimum absolute atomic E-state index is 0.173. The highest BCUT2D eigenvalue weighted by Crippen LogP contribution is 2.40. The van der Waals surface area contributed by atoms with Crippen LogP contribution in [0.1, 0.15) is 31.1 Å². The van der Waals surface area contributed by atoms with Crippen molar-refractivity contribution in [1.29, 1.82) is 0 Å². The van der Waals surface area contributed by atoms with Crippen LogP contribution >= 0.6 is 0 Å². The van der Waals surface area contributed by atoms with E-state index in [1.165, 1.54) is 13.8 Å². The standard InChI is InChI=1S/C15H22FNO3/c1-15(2,16)11-8-13(19-4)12(18-3)7-10(11)14-9-17-5-6-20-14/h7-8,14,17H,5-6,9H2,1-4H3. The Morgan fingerprint density at radius 1 is 1.25 bits per heavy atom. The van der Waals surface area contributed by atoms with Gasteiger partial charge in [0.25, 0.3) is 0 Å². The highest BCUT2D eigenvalue weighted by Gasteiger charge is 2.29. The Bertz CT molecular complexity index is 465. The quantitative estimate of drug-likeness (QED) is 0.922. The lowest BCUT2D eigenvalue weighted by molar-refractivity contribution is 0.0251. The molecule has 1 atom stereocenters. The lowest BCUT2D eigenvalue weighted by atomic mass is 9.90. The predicted molar refractivity (Wildman–Crippen MR) is 75.2 cm³/mol. The third-order valence-corrected chi connectivity index (χ3v) is 3.47. The lowest BCUT2D eigenvalue weighted by Crippen LogP contribution is -2.34. The van der Waals surface area contributed by atoms with Gasteiger partial charge in [0, 0.05) is 13.1 Å². The molecule has 0 saturated carbocycles. The molecule has 1 unspecified atom stereocenters. The number of rotatable bonds is 4. The van der Waals surface area contributed by atoms with Crippen molar-refractivity contribution in [1.82, 2.24) is 5.32 Å². The number of nitrogens with one attached hydrogen (secondary N) is 1. The van der Waals surface area contributed by atoms with E-state index in [9.17, 15) is 4.39 Å². The van der Waals surface area contributed by atoms with E-state index >= 15 is 0 Å². The molecule has 0 aromatic heterocycles. The molecule has 0 spiro atoms. The minimum atomic E-state index is -1.48. The van der Waals surface area contributed by atoms with Crippen molar-refractivity contribution >= 4 is 0 Å². The Kier molecular flexibility index (Phi) is 4.50. The van der Waals surface area contributed by atoms with Gasteiger partial charge >= 0.3 is 0 Å². The van der Waals surface area contributed by atoms with Crippen LogP contribution in [-0.2, 0) is 10.4 Å². The molecule has 112 valence electrons. The summed E-state index contributed by atoms with van der Waals surface area (Å²) in [5.41, 5.74) is -0.0958. The fourth-order valence-electron chi connectivity index (χ4n) is 2.44. The lowest BCUT2D eigenvalue weighted by Gasteiger charge is -2.29. The molecule has 1 fully saturated rings. The van der Waals surface area contributed by atoms with Crippen LogP contribution in [0.15, 0.2) is 12.1 Å². The van der Waals surface area contributed by atoms with E-state index in [0.29, 0.717) is 30.2 Å². The van der Waals surface area contributed by atoms with Crippen molar-refractivity contribution in [2.45, 2.75) is 25.6 Å². The van der Waals surface area contributed by atoms with Gasteiger partial charge < -0.3 is 19.5 Å². The summed E-state index contributed by atoms with van der Waals surface area (Å²) in [5.74, 6) is 1.12. The second-order valence-corrected chi connectivity index (χ2v) is 5.33. The van der Waals surface area contributed by atoms with Crippen LogP contribution in [0.2, 0.25) is 0 Å². The van der Waals surface area contributed by atoms with Crippen molar-refractivity contribution in [2.24, 2.45) is 0 Å². The maximum atomic E-state index is 14.5. The molecule has 1 aromatic rings. The first kappa shape index (κ1) is 15.1. The third kappa shape index (κ3) is 3.04. The Morgan fingerprint density at radius 2 is 1.90 bits per heavy atom. The Hall–Kier alpha value is -1.33. The molecular formula is C15H22FNO3. The van der Waals surface area contributed by atoms with Gasteiger partial charge in [-0.25, -0.2) is 4.39 Å². The van der Waals surface area contributed by atoms with Gasteiger partial charge in [-0.2, -0.15) is 0 Å². The van der Waals surface area contributed by atoms with Gasteiger partial charge in [-0.1, -0.05) is 0 Å². The van der Waals surface area contributed by atoms with Gasteiger partial charge in [0.05, 0.1) is 26.9 Å². The molecule has 0 aliphatic carbocycles. The zero-order chi connectivity index (χ0) is 14.8. The molecule has 1 heterocycles. The van der Waals surface area contributed by atoms with E-state index in [2.05, 4.69) is 5.32 Å². The first-order chi connectivity index (χ1) is 9.47. The summed E-state index contributed by atoms with van der Waals surface area (Å²) < 4.78 is 30.8. The fraction of sp³-hybridized carbons (Fsp3) is 0.600. The summed E-state index contributed by atoms with van der Waals surface area (Å²) in [4.78, 5) is 0. The summed E-state index contributed by atoms with van der Waals surface area (Å²) >= 11 is 0. The van der Waals surface area contributed by atoms with Crippen molar-refractivity contribution < 1.29 is 18.6 Å². The van der Waals surface area contributed by atoms with E-state index in [1.807, 2.05) is 6.07 Å². The minimum Gasteiger partial charge on any atom is -0.493 e. The average Bonchev–Trinajstić information content (AvgIpc) is 2.45. The van der Waals surface area contributed by atoms with E-state index in [4.69, 9.17) is 14.2 Å². The summed E-state index contributed by atoms with van der Waals surface area (Å²) in [5, 5.41) is 3.26. The number of ether oxygens (including phenoxy) is 3. The molecule has 1 N–H and O–H groups in total. The van der Waals surface area contributed by atoms with Gasteiger partial charge in [-0.15, -0.1) is 0 Å². The van der Waals surface area contributed by atoms with Crippen LogP contribution < -0.4 is 14.8 Å². The molecule has 5 heteroatoms. The monoisotopic (exact) mass is 283 g/mol.